The molecule has 3 N–H and O–H groups in total. The van der Waals surface area contributed by atoms with Gasteiger partial charge in [-0.05, 0) is 5.39 Å². The average molecular weight is 268 g/mol. The summed E-state index contributed by atoms with van der Waals surface area (Å²) in [5.74, 6) is 0.469. The number of carbonyl (C=O) groups excluding carboxylic acids is 1. The van der Waals surface area contributed by atoms with Crippen molar-refractivity contribution in [3.05, 3.63) is 42.4 Å². The summed E-state index contributed by atoms with van der Waals surface area (Å²) < 4.78 is 1.48. The number of rotatable bonds is 2. The zero-order chi connectivity index (χ0) is 14.1. The van der Waals surface area contributed by atoms with E-state index in [0.29, 0.717) is 17.3 Å². The highest BCUT2D eigenvalue weighted by Crippen LogP contribution is 2.22. The normalized spacial score (nSPS) is 10.7. The molecule has 0 radical (unpaired) electrons. The summed E-state index contributed by atoms with van der Waals surface area (Å²) in [5, 5.41) is 8.08. The Balaban J connectivity index is 2.04. The van der Waals surface area contributed by atoms with Gasteiger partial charge in [0, 0.05) is 18.6 Å². The maximum absolute atomic E-state index is 12.3. The standard InChI is InChI=1S/C13H12N6O/c1-19-13(16-7-17-19)18-12(20)10-6-15-11(14)9-5-3-2-4-8(9)10/h2-7H,1H3,(H2,14,15)(H,16,17,18,20). The molecule has 2 heterocycles. The smallest absolute Gasteiger partial charge is 0.260 e. The first-order chi connectivity index (χ1) is 9.66. The minimum Gasteiger partial charge on any atom is -0.383 e. The molecule has 0 saturated heterocycles. The quantitative estimate of drug-likeness (QED) is 0.727. The summed E-state index contributed by atoms with van der Waals surface area (Å²) in [5.41, 5.74) is 6.26. The molecule has 1 amide bonds. The number of fused-ring (bicyclic) bond motifs is 1. The van der Waals surface area contributed by atoms with E-state index in [1.54, 1.807) is 7.05 Å². The molecule has 0 spiro atoms. The summed E-state index contributed by atoms with van der Waals surface area (Å²) in [6.07, 6.45) is 2.83. The molecule has 0 bridgehead atoms. The number of nitrogen functional groups attached to an aromatic ring is 1. The number of carbonyl (C=O) groups is 1. The van der Waals surface area contributed by atoms with E-state index in [4.69, 9.17) is 5.73 Å². The van der Waals surface area contributed by atoms with Crippen LogP contribution in [-0.4, -0.2) is 25.7 Å². The van der Waals surface area contributed by atoms with Crippen LogP contribution in [0.2, 0.25) is 0 Å². The van der Waals surface area contributed by atoms with Gasteiger partial charge in [-0.15, -0.1) is 0 Å². The van der Waals surface area contributed by atoms with Crippen molar-refractivity contribution in [2.24, 2.45) is 7.05 Å². The summed E-state index contributed by atoms with van der Waals surface area (Å²) in [6.45, 7) is 0. The summed E-state index contributed by atoms with van der Waals surface area (Å²) in [6, 6.07) is 7.36. The number of aromatic nitrogens is 4. The lowest BCUT2D eigenvalue weighted by molar-refractivity contribution is 0.102. The fourth-order valence-corrected chi connectivity index (χ4v) is 1.97. The Morgan fingerprint density at radius 1 is 1.25 bits per heavy atom. The third-order valence-electron chi connectivity index (χ3n) is 3.01. The second-order valence-corrected chi connectivity index (χ2v) is 4.26. The van der Waals surface area contributed by atoms with Gasteiger partial charge in [-0.2, -0.15) is 10.1 Å². The number of nitrogens with one attached hydrogen (secondary N) is 1. The molecule has 100 valence electrons. The second-order valence-electron chi connectivity index (χ2n) is 4.26. The number of nitrogens with two attached hydrogens (primary N) is 1. The van der Waals surface area contributed by atoms with Crippen molar-refractivity contribution in [2.75, 3.05) is 11.1 Å². The zero-order valence-corrected chi connectivity index (χ0v) is 10.7. The number of aryl methyl sites for hydroxylation is 1. The van der Waals surface area contributed by atoms with Crippen LogP contribution in [0.25, 0.3) is 10.8 Å². The molecule has 3 aromatic rings. The number of hydrogen-bond acceptors (Lipinski definition) is 5. The molecule has 7 nitrogen and oxygen atoms in total. The predicted octanol–water partition coefficient (Wildman–Crippen LogP) is 1.20. The van der Waals surface area contributed by atoms with Crippen LogP contribution in [0.1, 0.15) is 10.4 Å². The van der Waals surface area contributed by atoms with E-state index in [-0.39, 0.29) is 5.91 Å². The molecule has 7 heteroatoms. The van der Waals surface area contributed by atoms with Crippen molar-refractivity contribution in [1.29, 1.82) is 0 Å². The van der Waals surface area contributed by atoms with E-state index in [1.165, 1.54) is 17.2 Å². The molecule has 0 unspecified atom stereocenters. The first kappa shape index (κ1) is 12.1. The van der Waals surface area contributed by atoms with Crippen LogP contribution < -0.4 is 11.1 Å². The van der Waals surface area contributed by atoms with Gasteiger partial charge in [-0.3, -0.25) is 10.1 Å². The van der Waals surface area contributed by atoms with Crippen molar-refractivity contribution >= 4 is 28.4 Å². The molecular weight excluding hydrogens is 256 g/mol. The zero-order valence-electron chi connectivity index (χ0n) is 10.7. The maximum atomic E-state index is 12.3. The van der Waals surface area contributed by atoms with Gasteiger partial charge in [0.2, 0.25) is 5.95 Å². The van der Waals surface area contributed by atoms with Crippen LogP contribution in [-0.2, 0) is 7.05 Å². The van der Waals surface area contributed by atoms with Crippen LogP contribution in [0.3, 0.4) is 0 Å². The highest BCUT2D eigenvalue weighted by atomic mass is 16.1. The van der Waals surface area contributed by atoms with Crippen LogP contribution in [0.5, 0.6) is 0 Å². The van der Waals surface area contributed by atoms with Gasteiger partial charge >= 0.3 is 0 Å². The monoisotopic (exact) mass is 268 g/mol. The molecule has 0 aliphatic heterocycles. The van der Waals surface area contributed by atoms with E-state index in [2.05, 4.69) is 20.4 Å². The molecule has 3 rings (SSSR count). The molecule has 0 saturated carbocycles. The molecule has 1 aromatic carbocycles. The SMILES string of the molecule is Cn1ncnc1NC(=O)c1cnc(N)c2ccccc12. The number of nitrogens with zero attached hydrogens (tertiary/aromatic N) is 4. The van der Waals surface area contributed by atoms with Gasteiger partial charge in [-0.25, -0.2) is 9.67 Å². The lowest BCUT2D eigenvalue weighted by atomic mass is 10.1. The van der Waals surface area contributed by atoms with Crippen LogP contribution in [0, 0.1) is 0 Å². The summed E-state index contributed by atoms with van der Waals surface area (Å²) >= 11 is 0. The first-order valence-corrected chi connectivity index (χ1v) is 5.95. The molecule has 0 aliphatic rings. The lowest BCUT2D eigenvalue weighted by Gasteiger charge is -2.08. The Labute approximate surface area is 114 Å². The maximum Gasteiger partial charge on any atom is 0.260 e. The number of benzene rings is 1. The van der Waals surface area contributed by atoms with Gasteiger partial charge in [0.1, 0.15) is 12.1 Å². The van der Waals surface area contributed by atoms with E-state index in [0.717, 1.165) is 10.8 Å². The number of hydrogen-bond donors (Lipinski definition) is 2. The van der Waals surface area contributed by atoms with E-state index in [9.17, 15) is 4.79 Å². The summed E-state index contributed by atoms with van der Waals surface area (Å²) in [7, 11) is 1.70. The van der Waals surface area contributed by atoms with E-state index < -0.39 is 0 Å². The van der Waals surface area contributed by atoms with Crippen LogP contribution in [0.4, 0.5) is 11.8 Å². The molecule has 20 heavy (non-hydrogen) atoms. The van der Waals surface area contributed by atoms with E-state index >= 15 is 0 Å². The van der Waals surface area contributed by atoms with Crippen LogP contribution in [0.15, 0.2) is 36.8 Å². The highest BCUT2D eigenvalue weighted by Gasteiger charge is 2.14. The predicted molar refractivity (Wildman–Crippen MR) is 75.1 cm³/mol. The third kappa shape index (κ3) is 1.95. The second kappa shape index (κ2) is 4.61. The Morgan fingerprint density at radius 2 is 2.00 bits per heavy atom. The van der Waals surface area contributed by atoms with Crippen molar-refractivity contribution in [3.63, 3.8) is 0 Å². The Bertz CT molecular complexity index is 794. The molecule has 0 aliphatic carbocycles. The molecule has 0 fully saturated rings. The largest absolute Gasteiger partial charge is 0.383 e. The fraction of sp³-hybridized carbons (Fsp3) is 0.0769. The van der Waals surface area contributed by atoms with E-state index in [1.807, 2.05) is 24.3 Å². The average Bonchev–Trinajstić information content (AvgIpc) is 2.85. The van der Waals surface area contributed by atoms with Crippen molar-refractivity contribution in [1.82, 2.24) is 19.7 Å². The molecule has 0 atom stereocenters. The Kier molecular flexibility index (Phi) is 2.79. The van der Waals surface area contributed by atoms with Gasteiger partial charge in [-0.1, -0.05) is 24.3 Å². The topological polar surface area (TPSA) is 98.7 Å². The number of pyridine rings is 1. The minimum absolute atomic E-state index is 0.301. The van der Waals surface area contributed by atoms with Crippen molar-refractivity contribution < 1.29 is 4.79 Å². The molecule has 2 aromatic heterocycles. The first-order valence-electron chi connectivity index (χ1n) is 5.95. The minimum atomic E-state index is -0.301. The Morgan fingerprint density at radius 3 is 2.70 bits per heavy atom. The van der Waals surface area contributed by atoms with Crippen molar-refractivity contribution in [3.8, 4) is 0 Å². The van der Waals surface area contributed by atoms with Crippen molar-refractivity contribution in [2.45, 2.75) is 0 Å². The molecular formula is C13H12N6O. The van der Waals surface area contributed by atoms with Gasteiger partial charge in [0.05, 0.1) is 5.56 Å². The van der Waals surface area contributed by atoms with Gasteiger partial charge < -0.3 is 5.73 Å². The lowest BCUT2D eigenvalue weighted by Crippen LogP contribution is -2.16. The highest BCUT2D eigenvalue weighted by molar-refractivity contribution is 6.13. The fourth-order valence-electron chi connectivity index (χ4n) is 1.97. The van der Waals surface area contributed by atoms with Gasteiger partial charge in [0.15, 0.2) is 0 Å². The third-order valence-corrected chi connectivity index (χ3v) is 3.01. The van der Waals surface area contributed by atoms with Gasteiger partial charge in [0.25, 0.3) is 5.91 Å². The van der Waals surface area contributed by atoms with Crippen LogP contribution >= 0.6 is 0 Å². The number of amides is 1. The number of anilines is 2. The summed E-state index contributed by atoms with van der Waals surface area (Å²) in [4.78, 5) is 20.3. The Hall–Kier alpha value is -2.96.